The summed E-state index contributed by atoms with van der Waals surface area (Å²) in [5.74, 6) is -9.74. The molecule has 1 N–H and O–H groups in total. The van der Waals surface area contributed by atoms with Gasteiger partial charge in [-0.2, -0.15) is 0 Å². The van der Waals surface area contributed by atoms with E-state index in [0.29, 0.717) is 32.8 Å². The van der Waals surface area contributed by atoms with Gasteiger partial charge in [-0.05, 0) is 0 Å². The van der Waals surface area contributed by atoms with Crippen LogP contribution in [-0.4, -0.2) is 44.3 Å². The Bertz CT molecular complexity index is 462. The molecule has 1 fully saturated rings. The molecule has 1 saturated heterocycles. The topological polar surface area (TPSA) is 24.5 Å². The van der Waals surface area contributed by atoms with Crippen molar-refractivity contribution in [2.24, 2.45) is 0 Å². The lowest BCUT2D eigenvalue weighted by molar-refractivity contribution is 0.0398. The fourth-order valence-electron chi connectivity index (χ4n) is 1.92. The fourth-order valence-corrected chi connectivity index (χ4v) is 1.92. The van der Waals surface area contributed by atoms with Gasteiger partial charge >= 0.3 is 0 Å². The predicted octanol–water partition coefficient (Wildman–Crippen LogP) is 2.13. The highest BCUT2D eigenvalue weighted by Gasteiger charge is 2.25. The summed E-state index contributed by atoms with van der Waals surface area (Å²) in [6.45, 7) is 2.93. The molecule has 1 aliphatic rings. The highest BCUT2D eigenvalue weighted by atomic mass is 19.2. The lowest BCUT2D eigenvalue weighted by Gasteiger charge is -2.26. The van der Waals surface area contributed by atoms with Gasteiger partial charge in [-0.15, -0.1) is 0 Å². The number of nitrogens with zero attached hydrogens (tertiary/aromatic N) is 1. The van der Waals surface area contributed by atoms with Crippen molar-refractivity contribution in [3.63, 3.8) is 0 Å². The molecular formula is C12H13F5N2O. The van der Waals surface area contributed by atoms with Crippen LogP contribution in [0.3, 0.4) is 0 Å². The van der Waals surface area contributed by atoms with Crippen molar-refractivity contribution in [3.8, 4) is 0 Å². The van der Waals surface area contributed by atoms with Gasteiger partial charge in [0.25, 0.3) is 0 Å². The Morgan fingerprint density at radius 2 is 1.35 bits per heavy atom. The minimum atomic E-state index is -2.15. The molecule has 0 radical (unpaired) electrons. The Labute approximate surface area is 112 Å². The SMILES string of the molecule is Fc1c(F)c(F)c(NCCN2CCOCC2)c(F)c1F. The van der Waals surface area contributed by atoms with Crippen molar-refractivity contribution in [1.29, 1.82) is 0 Å². The number of halogens is 5. The molecule has 8 heteroatoms. The van der Waals surface area contributed by atoms with Crippen LogP contribution >= 0.6 is 0 Å². The summed E-state index contributed by atoms with van der Waals surface area (Å²) in [7, 11) is 0. The molecular weight excluding hydrogens is 283 g/mol. The van der Waals surface area contributed by atoms with Gasteiger partial charge in [0.1, 0.15) is 5.69 Å². The van der Waals surface area contributed by atoms with Crippen LogP contribution in [0.1, 0.15) is 0 Å². The van der Waals surface area contributed by atoms with Crippen LogP contribution in [0, 0.1) is 29.1 Å². The number of rotatable bonds is 4. The van der Waals surface area contributed by atoms with E-state index in [-0.39, 0.29) is 6.54 Å². The van der Waals surface area contributed by atoms with E-state index in [0.717, 1.165) is 0 Å². The highest BCUT2D eigenvalue weighted by molar-refractivity contribution is 5.47. The molecule has 3 nitrogen and oxygen atoms in total. The van der Waals surface area contributed by atoms with Crippen LogP contribution in [0.2, 0.25) is 0 Å². The van der Waals surface area contributed by atoms with Crippen LogP contribution in [0.25, 0.3) is 0 Å². The number of morpholine rings is 1. The highest BCUT2D eigenvalue weighted by Crippen LogP contribution is 2.26. The maximum Gasteiger partial charge on any atom is 0.200 e. The lowest BCUT2D eigenvalue weighted by atomic mass is 10.2. The summed E-state index contributed by atoms with van der Waals surface area (Å²) in [5, 5.41) is 2.26. The van der Waals surface area contributed by atoms with Crippen LogP contribution in [-0.2, 0) is 4.74 Å². The van der Waals surface area contributed by atoms with Crippen molar-refractivity contribution >= 4 is 5.69 Å². The molecule has 0 aliphatic carbocycles. The molecule has 0 bridgehead atoms. The maximum absolute atomic E-state index is 13.4. The number of anilines is 1. The predicted molar refractivity (Wildman–Crippen MR) is 62.0 cm³/mol. The number of hydrogen-bond donors (Lipinski definition) is 1. The molecule has 1 heterocycles. The molecule has 0 spiro atoms. The molecule has 112 valence electrons. The minimum absolute atomic E-state index is 0.0678. The van der Waals surface area contributed by atoms with Gasteiger partial charge in [0.15, 0.2) is 23.3 Å². The Balaban J connectivity index is 2.02. The Morgan fingerprint density at radius 1 is 0.850 bits per heavy atom. The normalized spacial score (nSPS) is 16.4. The van der Waals surface area contributed by atoms with E-state index in [2.05, 4.69) is 5.32 Å². The molecule has 0 aromatic heterocycles. The van der Waals surface area contributed by atoms with E-state index in [9.17, 15) is 22.0 Å². The average molecular weight is 296 g/mol. The van der Waals surface area contributed by atoms with E-state index < -0.39 is 34.8 Å². The van der Waals surface area contributed by atoms with Crippen LogP contribution in [0.4, 0.5) is 27.6 Å². The summed E-state index contributed by atoms with van der Waals surface area (Å²) in [5.41, 5.74) is -0.991. The van der Waals surface area contributed by atoms with Gasteiger partial charge in [-0.3, -0.25) is 4.90 Å². The molecule has 2 rings (SSSR count). The van der Waals surface area contributed by atoms with Crippen LogP contribution in [0.15, 0.2) is 0 Å². The van der Waals surface area contributed by atoms with Gasteiger partial charge in [0.2, 0.25) is 5.82 Å². The molecule has 0 saturated carbocycles. The van der Waals surface area contributed by atoms with E-state index in [1.807, 2.05) is 4.90 Å². The minimum Gasteiger partial charge on any atom is -0.379 e. The van der Waals surface area contributed by atoms with Crippen LogP contribution in [0.5, 0.6) is 0 Å². The Hall–Kier alpha value is -1.41. The number of ether oxygens (including phenoxy) is 1. The smallest absolute Gasteiger partial charge is 0.200 e. The zero-order chi connectivity index (χ0) is 14.7. The average Bonchev–Trinajstić information content (AvgIpc) is 2.48. The van der Waals surface area contributed by atoms with Gasteiger partial charge in [-0.1, -0.05) is 0 Å². The number of nitrogens with one attached hydrogen (secondary N) is 1. The largest absolute Gasteiger partial charge is 0.379 e. The number of benzene rings is 1. The summed E-state index contributed by atoms with van der Waals surface area (Å²) in [6, 6.07) is 0. The first kappa shape index (κ1) is 15.0. The molecule has 1 aliphatic heterocycles. The van der Waals surface area contributed by atoms with Crippen molar-refractivity contribution in [2.75, 3.05) is 44.7 Å². The van der Waals surface area contributed by atoms with Crippen molar-refractivity contribution in [1.82, 2.24) is 4.90 Å². The Morgan fingerprint density at radius 3 is 1.90 bits per heavy atom. The first-order valence-electron chi connectivity index (χ1n) is 6.07. The van der Waals surface area contributed by atoms with E-state index in [4.69, 9.17) is 4.74 Å². The third-order valence-electron chi connectivity index (χ3n) is 3.04. The fraction of sp³-hybridized carbons (Fsp3) is 0.500. The van der Waals surface area contributed by atoms with E-state index in [1.165, 1.54) is 0 Å². The van der Waals surface area contributed by atoms with Crippen molar-refractivity contribution in [2.45, 2.75) is 0 Å². The van der Waals surface area contributed by atoms with E-state index >= 15 is 0 Å². The van der Waals surface area contributed by atoms with Crippen LogP contribution < -0.4 is 5.32 Å². The second-order valence-corrected chi connectivity index (χ2v) is 4.33. The van der Waals surface area contributed by atoms with Gasteiger partial charge in [-0.25, -0.2) is 22.0 Å². The van der Waals surface area contributed by atoms with E-state index in [1.54, 1.807) is 0 Å². The summed E-state index contributed by atoms with van der Waals surface area (Å²) in [6.07, 6.45) is 0. The summed E-state index contributed by atoms with van der Waals surface area (Å²) in [4.78, 5) is 1.96. The summed E-state index contributed by atoms with van der Waals surface area (Å²) < 4.78 is 70.6. The maximum atomic E-state index is 13.4. The molecule has 0 unspecified atom stereocenters. The lowest BCUT2D eigenvalue weighted by Crippen LogP contribution is -2.39. The first-order chi connectivity index (χ1) is 9.52. The molecule has 0 amide bonds. The van der Waals surface area contributed by atoms with Gasteiger partial charge < -0.3 is 10.1 Å². The quantitative estimate of drug-likeness (QED) is 0.523. The molecule has 1 aromatic rings. The number of hydrogen-bond acceptors (Lipinski definition) is 3. The standard InChI is InChI=1S/C12H13F5N2O/c13-7-8(14)10(16)12(11(17)9(7)15)18-1-2-19-3-5-20-6-4-19/h18H,1-6H2. The second kappa shape index (κ2) is 6.36. The summed E-state index contributed by atoms with van der Waals surface area (Å²) >= 11 is 0. The van der Waals surface area contributed by atoms with Crippen molar-refractivity contribution < 1.29 is 26.7 Å². The monoisotopic (exact) mass is 296 g/mol. The van der Waals surface area contributed by atoms with Gasteiger partial charge in [0, 0.05) is 26.2 Å². The second-order valence-electron chi connectivity index (χ2n) is 4.33. The van der Waals surface area contributed by atoms with Crippen molar-refractivity contribution in [3.05, 3.63) is 29.1 Å². The third kappa shape index (κ3) is 3.01. The Kier molecular flexibility index (Phi) is 4.77. The first-order valence-corrected chi connectivity index (χ1v) is 6.07. The third-order valence-corrected chi connectivity index (χ3v) is 3.04. The zero-order valence-corrected chi connectivity index (χ0v) is 10.5. The van der Waals surface area contributed by atoms with Gasteiger partial charge in [0.05, 0.1) is 13.2 Å². The molecule has 1 aromatic carbocycles. The molecule has 0 atom stereocenters. The zero-order valence-electron chi connectivity index (χ0n) is 10.5. The molecule has 20 heavy (non-hydrogen) atoms.